The minimum absolute atomic E-state index is 0.0420. The number of aromatic nitrogens is 3. The normalized spacial score (nSPS) is 16.2. The van der Waals surface area contributed by atoms with E-state index >= 15 is 0 Å². The fourth-order valence-electron chi connectivity index (χ4n) is 5.79. The molecule has 2 amide bonds. The van der Waals surface area contributed by atoms with Crippen LogP contribution in [0.2, 0.25) is 0 Å². The van der Waals surface area contributed by atoms with Gasteiger partial charge < -0.3 is 20.5 Å². The number of nitrogens with zero attached hydrogens (tertiary/aromatic N) is 3. The van der Waals surface area contributed by atoms with Crippen molar-refractivity contribution in [3.8, 4) is 22.8 Å². The van der Waals surface area contributed by atoms with Crippen molar-refractivity contribution >= 4 is 44.6 Å². The molecule has 3 N–H and O–H groups in total. The Balaban J connectivity index is 0.00000115. The molecule has 234 valence electrons. The third-order valence-electron chi connectivity index (χ3n) is 8.16. The third kappa shape index (κ3) is 5.79. The number of methoxy groups -OCH3 is 1. The molecule has 9 nitrogen and oxygen atoms in total. The number of thiophene rings is 1. The molecular formula is C32H30F3N5O4S. The third-order valence-corrected chi connectivity index (χ3v) is 9.17. The lowest BCUT2D eigenvalue weighted by atomic mass is 9.93. The molecule has 7 rings (SSSR count). The number of nitrogens with two attached hydrogens (primary N) is 1. The summed E-state index contributed by atoms with van der Waals surface area (Å²) in [4.78, 5) is 27.0. The van der Waals surface area contributed by atoms with Crippen LogP contribution in [0.5, 0.6) is 11.5 Å². The van der Waals surface area contributed by atoms with Gasteiger partial charge in [-0.05, 0) is 43.0 Å². The number of primary amides is 1. The zero-order valence-corrected chi connectivity index (χ0v) is 25.2. The van der Waals surface area contributed by atoms with Crippen LogP contribution < -0.4 is 20.5 Å². The van der Waals surface area contributed by atoms with Gasteiger partial charge in [0.1, 0.15) is 28.5 Å². The summed E-state index contributed by atoms with van der Waals surface area (Å²) in [6.07, 6.45) is 3.51. The molecule has 2 unspecified atom stereocenters. The van der Waals surface area contributed by atoms with Crippen molar-refractivity contribution in [1.82, 2.24) is 20.1 Å². The van der Waals surface area contributed by atoms with Crippen molar-refractivity contribution in [1.29, 1.82) is 0 Å². The Bertz CT molecular complexity index is 1910. The number of ether oxygens (including phenoxy) is 2. The van der Waals surface area contributed by atoms with Gasteiger partial charge in [0.15, 0.2) is 0 Å². The molecule has 2 aromatic carbocycles. The first kappa shape index (κ1) is 30.4. The monoisotopic (exact) mass is 637 g/mol. The average Bonchev–Trinajstić information content (AvgIpc) is 3.42. The Hall–Kier alpha value is -4.65. The van der Waals surface area contributed by atoms with E-state index in [0.29, 0.717) is 45.1 Å². The van der Waals surface area contributed by atoms with Crippen LogP contribution in [0.3, 0.4) is 0 Å². The van der Waals surface area contributed by atoms with Crippen molar-refractivity contribution in [3.05, 3.63) is 70.6 Å². The Kier molecular flexibility index (Phi) is 8.36. The first-order valence-electron chi connectivity index (χ1n) is 14.4. The Morgan fingerprint density at radius 3 is 2.78 bits per heavy atom. The van der Waals surface area contributed by atoms with Crippen LogP contribution in [-0.2, 0) is 4.79 Å². The summed E-state index contributed by atoms with van der Waals surface area (Å²) >= 11 is 1.35. The molecule has 5 aromatic rings. The van der Waals surface area contributed by atoms with Gasteiger partial charge in [0.2, 0.25) is 6.41 Å². The number of halogens is 3. The molecule has 3 aromatic heterocycles. The van der Waals surface area contributed by atoms with Gasteiger partial charge in [-0.1, -0.05) is 19.1 Å². The largest absolute Gasteiger partial charge is 0.494 e. The van der Waals surface area contributed by atoms with E-state index in [1.807, 2.05) is 11.4 Å². The quantitative estimate of drug-likeness (QED) is 0.191. The molecule has 1 fully saturated rings. The van der Waals surface area contributed by atoms with Gasteiger partial charge in [0.25, 0.3) is 5.91 Å². The van der Waals surface area contributed by atoms with Crippen LogP contribution in [0.25, 0.3) is 32.2 Å². The van der Waals surface area contributed by atoms with E-state index in [-0.39, 0.29) is 41.2 Å². The lowest BCUT2D eigenvalue weighted by Gasteiger charge is -2.20. The number of pyridine rings is 1. The zero-order chi connectivity index (χ0) is 31.8. The summed E-state index contributed by atoms with van der Waals surface area (Å²) in [6, 6.07) is 10.2. The molecule has 0 bridgehead atoms. The van der Waals surface area contributed by atoms with E-state index < -0.39 is 6.55 Å². The molecular weight excluding hydrogens is 607 g/mol. The van der Waals surface area contributed by atoms with Crippen molar-refractivity contribution in [2.45, 2.75) is 38.2 Å². The number of carbonyl (C=O) groups is 2. The fourth-order valence-corrected chi connectivity index (χ4v) is 6.75. The first-order valence-corrected chi connectivity index (χ1v) is 15.2. The second kappa shape index (κ2) is 12.4. The Morgan fingerprint density at radius 1 is 1.29 bits per heavy atom. The second-order valence-electron chi connectivity index (χ2n) is 11.1. The molecule has 13 heteroatoms. The summed E-state index contributed by atoms with van der Waals surface area (Å²) in [5.41, 5.74) is 8.19. The Morgan fingerprint density at radius 2 is 2.07 bits per heavy atom. The minimum atomic E-state index is -2.80. The molecule has 1 aliphatic heterocycles. The predicted octanol–water partition coefficient (Wildman–Crippen LogP) is 6.38. The van der Waals surface area contributed by atoms with Crippen molar-refractivity contribution in [3.63, 3.8) is 0 Å². The van der Waals surface area contributed by atoms with E-state index in [9.17, 15) is 18.0 Å². The fraction of sp³-hybridized carbons (Fsp3) is 0.312. The van der Waals surface area contributed by atoms with Crippen LogP contribution in [0.4, 0.5) is 13.2 Å². The number of amides is 2. The highest BCUT2D eigenvalue weighted by Crippen LogP contribution is 2.48. The number of fused-ring (bicyclic) bond motifs is 3. The average molecular weight is 638 g/mol. The van der Waals surface area contributed by atoms with Gasteiger partial charge in [-0.25, -0.2) is 14.1 Å². The second-order valence-corrected chi connectivity index (χ2v) is 12.0. The van der Waals surface area contributed by atoms with Crippen LogP contribution in [-0.4, -0.2) is 47.3 Å². The van der Waals surface area contributed by atoms with Crippen molar-refractivity contribution in [2.75, 3.05) is 20.3 Å². The van der Waals surface area contributed by atoms with Gasteiger partial charge in [0.05, 0.1) is 18.4 Å². The van der Waals surface area contributed by atoms with Crippen LogP contribution in [0, 0.1) is 11.7 Å². The number of benzene rings is 2. The number of carbonyl (C=O) groups excluding carboxylic acids is 2. The van der Waals surface area contributed by atoms with E-state index in [4.69, 9.17) is 19.3 Å². The molecule has 0 spiro atoms. The maximum absolute atomic E-state index is 14.5. The summed E-state index contributed by atoms with van der Waals surface area (Å²) in [7, 11) is 1.41. The van der Waals surface area contributed by atoms with Crippen LogP contribution >= 0.6 is 11.3 Å². The van der Waals surface area contributed by atoms with Crippen molar-refractivity contribution < 1.29 is 32.2 Å². The van der Waals surface area contributed by atoms with Crippen molar-refractivity contribution in [2.24, 2.45) is 11.7 Å². The molecule has 4 heterocycles. The number of rotatable bonds is 8. The maximum atomic E-state index is 14.5. The molecule has 2 atom stereocenters. The first-order chi connectivity index (χ1) is 21.7. The van der Waals surface area contributed by atoms with Crippen LogP contribution in [0.15, 0.2) is 48.0 Å². The summed E-state index contributed by atoms with van der Waals surface area (Å²) in [5.74, 6) is 0.861. The lowest BCUT2D eigenvalue weighted by Crippen LogP contribution is -2.29. The summed E-state index contributed by atoms with van der Waals surface area (Å²) < 4.78 is 53.6. The summed E-state index contributed by atoms with van der Waals surface area (Å²) in [5, 5.41) is 10.0. The van der Waals surface area contributed by atoms with Gasteiger partial charge in [-0.15, -0.1) is 11.3 Å². The van der Waals surface area contributed by atoms with E-state index in [0.717, 1.165) is 40.8 Å². The SMILES string of the molecule is COc1cc(C(=O)NCC(c2cc3c(c(-c4csc5c(F)cccc45)n2)OCC3C)C2CC2)cc2cn(C(F)F)nc12.NC=O. The maximum Gasteiger partial charge on any atom is 0.333 e. The predicted molar refractivity (Wildman–Crippen MR) is 165 cm³/mol. The standard InChI is InChI=1S/C31H27F3N4O3S.CH3NO/c1-15-13-41-28-20(15)10-24(36-27(28)22-14-42-29-19(22)4-3-5-23(29)32)21(16-6-7-16)11-35-30(39)17-8-18-12-38(31(33)34)37-26(18)25(9-17)40-2;2-1-3/h3-5,8-10,12,14-16,21,31H,6-7,11,13H2,1-2H3,(H,35,39);1H,(H2,2,3). The highest BCUT2D eigenvalue weighted by atomic mass is 32.1. The highest BCUT2D eigenvalue weighted by Gasteiger charge is 2.36. The van der Waals surface area contributed by atoms with Gasteiger partial charge >= 0.3 is 6.55 Å². The molecule has 1 saturated carbocycles. The minimum Gasteiger partial charge on any atom is -0.494 e. The van der Waals surface area contributed by atoms with Gasteiger partial charge in [-0.3, -0.25) is 9.59 Å². The van der Waals surface area contributed by atoms with E-state index in [2.05, 4.69) is 29.1 Å². The molecule has 0 radical (unpaired) electrons. The molecule has 45 heavy (non-hydrogen) atoms. The smallest absolute Gasteiger partial charge is 0.333 e. The number of hydrogen-bond acceptors (Lipinski definition) is 7. The number of nitrogens with one attached hydrogen (secondary N) is 1. The van der Waals surface area contributed by atoms with Gasteiger partial charge in [-0.2, -0.15) is 13.9 Å². The van der Waals surface area contributed by atoms with E-state index in [1.165, 1.54) is 42.8 Å². The highest BCUT2D eigenvalue weighted by molar-refractivity contribution is 7.17. The molecule has 1 aliphatic carbocycles. The Labute approximate surface area is 260 Å². The van der Waals surface area contributed by atoms with Gasteiger partial charge in [0, 0.05) is 63.1 Å². The zero-order valence-electron chi connectivity index (χ0n) is 24.4. The summed E-state index contributed by atoms with van der Waals surface area (Å²) in [6.45, 7) is 0.196. The van der Waals surface area contributed by atoms with Crippen LogP contribution in [0.1, 0.15) is 59.8 Å². The number of alkyl halides is 2. The molecule has 0 saturated heterocycles. The lowest BCUT2D eigenvalue weighted by molar-refractivity contribution is -0.106. The topological polar surface area (TPSA) is 121 Å². The number of hydrogen-bond donors (Lipinski definition) is 2. The van der Waals surface area contributed by atoms with E-state index in [1.54, 1.807) is 6.07 Å². The molecule has 2 aliphatic rings.